The van der Waals surface area contributed by atoms with E-state index in [0.717, 1.165) is 13.0 Å². The van der Waals surface area contributed by atoms with Crippen LogP contribution in [0.25, 0.3) is 0 Å². The highest BCUT2D eigenvalue weighted by molar-refractivity contribution is 5.96. The molecule has 1 amide bonds. The van der Waals surface area contributed by atoms with Crippen LogP contribution >= 0.6 is 0 Å². The summed E-state index contributed by atoms with van der Waals surface area (Å²) < 4.78 is 0. The molecule has 19 heavy (non-hydrogen) atoms. The van der Waals surface area contributed by atoms with E-state index in [1.165, 1.54) is 25.1 Å². The van der Waals surface area contributed by atoms with Crippen molar-refractivity contribution in [2.45, 2.75) is 26.2 Å². The first-order chi connectivity index (χ1) is 9.11. The van der Waals surface area contributed by atoms with E-state index < -0.39 is 5.97 Å². The Balaban J connectivity index is 2.14. The first-order valence-electron chi connectivity index (χ1n) is 6.60. The smallest absolute Gasteiger partial charge is 0.354 e. The fraction of sp³-hybridized carbons (Fsp3) is 0.500. The minimum atomic E-state index is -1.11. The number of aromatic carboxylic acids is 1. The van der Waals surface area contributed by atoms with Gasteiger partial charge in [0.2, 0.25) is 0 Å². The number of nitrogens with zero attached hydrogens (tertiary/aromatic N) is 2. The van der Waals surface area contributed by atoms with Crippen LogP contribution < -0.4 is 0 Å². The number of carboxylic acid groups (broad SMARTS) is 1. The number of carbonyl (C=O) groups excluding carboxylic acids is 1. The van der Waals surface area contributed by atoms with Crippen LogP contribution in [-0.2, 0) is 0 Å². The van der Waals surface area contributed by atoms with Crippen molar-refractivity contribution < 1.29 is 14.7 Å². The van der Waals surface area contributed by atoms with Gasteiger partial charge in [0.15, 0.2) is 0 Å². The van der Waals surface area contributed by atoms with E-state index in [1.54, 1.807) is 6.07 Å². The second kappa shape index (κ2) is 5.82. The maximum atomic E-state index is 12.4. The zero-order valence-corrected chi connectivity index (χ0v) is 11.0. The summed E-state index contributed by atoms with van der Waals surface area (Å²) in [6, 6.07) is 2.92. The lowest BCUT2D eigenvalue weighted by atomic mass is 10.2. The van der Waals surface area contributed by atoms with Gasteiger partial charge in [-0.25, -0.2) is 9.78 Å². The molecule has 0 radical (unpaired) electrons. The fourth-order valence-electron chi connectivity index (χ4n) is 2.02. The van der Waals surface area contributed by atoms with Crippen LogP contribution in [0.5, 0.6) is 0 Å². The van der Waals surface area contributed by atoms with Crippen LogP contribution in [0, 0.1) is 5.92 Å². The number of carboxylic acids is 1. The molecule has 5 nitrogen and oxygen atoms in total. The molecule has 1 aromatic rings. The molecule has 102 valence electrons. The quantitative estimate of drug-likeness (QED) is 0.851. The molecular weight excluding hydrogens is 244 g/mol. The van der Waals surface area contributed by atoms with E-state index >= 15 is 0 Å². The predicted octanol–water partition coefficient (Wildman–Crippen LogP) is 2.04. The molecule has 1 saturated carbocycles. The Hall–Kier alpha value is -1.91. The van der Waals surface area contributed by atoms with Gasteiger partial charge in [-0.2, -0.15) is 0 Å². The van der Waals surface area contributed by atoms with E-state index in [4.69, 9.17) is 5.11 Å². The third-order valence-electron chi connectivity index (χ3n) is 3.18. The van der Waals surface area contributed by atoms with Gasteiger partial charge in [0, 0.05) is 24.8 Å². The van der Waals surface area contributed by atoms with Crippen LogP contribution in [0.15, 0.2) is 18.3 Å². The van der Waals surface area contributed by atoms with Gasteiger partial charge in [-0.05, 0) is 37.3 Å². The summed E-state index contributed by atoms with van der Waals surface area (Å²) in [5.41, 5.74) is 0.315. The highest BCUT2D eigenvalue weighted by Gasteiger charge is 2.27. The number of hydrogen-bond donors (Lipinski definition) is 1. The van der Waals surface area contributed by atoms with E-state index in [-0.39, 0.29) is 11.6 Å². The third-order valence-corrected chi connectivity index (χ3v) is 3.18. The summed E-state index contributed by atoms with van der Waals surface area (Å²) in [7, 11) is 0. The monoisotopic (exact) mass is 262 g/mol. The molecule has 0 atom stereocenters. The molecule has 1 heterocycles. The van der Waals surface area contributed by atoms with Crippen LogP contribution in [0.4, 0.5) is 0 Å². The van der Waals surface area contributed by atoms with Crippen molar-refractivity contribution in [2.24, 2.45) is 5.92 Å². The number of pyridine rings is 1. The zero-order chi connectivity index (χ0) is 13.8. The van der Waals surface area contributed by atoms with Crippen molar-refractivity contribution in [3.05, 3.63) is 29.6 Å². The SMILES string of the molecule is CCCN(CC1CC1)C(=O)c1ccnc(C(=O)O)c1. The number of aromatic nitrogens is 1. The molecule has 5 heteroatoms. The molecule has 0 bridgehead atoms. The first kappa shape index (κ1) is 13.5. The van der Waals surface area contributed by atoms with Crippen molar-refractivity contribution >= 4 is 11.9 Å². The Morgan fingerprint density at radius 1 is 1.47 bits per heavy atom. The maximum Gasteiger partial charge on any atom is 0.354 e. The topological polar surface area (TPSA) is 70.5 Å². The molecule has 0 aromatic carbocycles. The largest absolute Gasteiger partial charge is 0.477 e. The highest BCUT2D eigenvalue weighted by atomic mass is 16.4. The summed E-state index contributed by atoms with van der Waals surface area (Å²) in [5.74, 6) is -0.589. The Kier molecular flexibility index (Phi) is 4.14. The molecule has 2 rings (SSSR count). The molecule has 1 fully saturated rings. The zero-order valence-electron chi connectivity index (χ0n) is 11.0. The van der Waals surface area contributed by atoms with E-state index in [1.807, 2.05) is 11.8 Å². The van der Waals surface area contributed by atoms with Gasteiger partial charge in [-0.3, -0.25) is 4.79 Å². The summed E-state index contributed by atoms with van der Waals surface area (Å²) >= 11 is 0. The molecule has 0 unspecified atom stereocenters. The Morgan fingerprint density at radius 3 is 2.79 bits per heavy atom. The second-order valence-electron chi connectivity index (χ2n) is 4.93. The lowest BCUT2D eigenvalue weighted by Crippen LogP contribution is -2.33. The van der Waals surface area contributed by atoms with Crippen molar-refractivity contribution in [2.75, 3.05) is 13.1 Å². The fourth-order valence-corrected chi connectivity index (χ4v) is 2.02. The van der Waals surface area contributed by atoms with Gasteiger partial charge in [-0.1, -0.05) is 6.92 Å². The highest BCUT2D eigenvalue weighted by Crippen LogP contribution is 2.30. The Labute approximate surface area is 112 Å². The Morgan fingerprint density at radius 2 is 2.21 bits per heavy atom. The van der Waals surface area contributed by atoms with E-state index in [9.17, 15) is 9.59 Å². The van der Waals surface area contributed by atoms with Crippen LogP contribution in [0.1, 0.15) is 47.0 Å². The Bertz CT molecular complexity index is 483. The molecule has 0 aliphatic heterocycles. The lowest BCUT2D eigenvalue weighted by Gasteiger charge is -2.22. The normalized spacial score (nSPS) is 14.2. The molecule has 1 N–H and O–H groups in total. The minimum Gasteiger partial charge on any atom is -0.477 e. The lowest BCUT2D eigenvalue weighted by molar-refractivity contribution is 0.0690. The van der Waals surface area contributed by atoms with Gasteiger partial charge in [-0.15, -0.1) is 0 Å². The van der Waals surface area contributed by atoms with Crippen molar-refractivity contribution in [3.63, 3.8) is 0 Å². The molecular formula is C14H18N2O3. The van der Waals surface area contributed by atoms with Gasteiger partial charge in [0.1, 0.15) is 5.69 Å². The average Bonchev–Trinajstić information content (AvgIpc) is 3.21. The summed E-state index contributed by atoms with van der Waals surface area (Å²) in [4.78, 5) is 28.8. The average molecular weight is 262 g/mol. The summed E-state index contributed by atoms with van der Waals surface area (Å²) in [5, 5.41) is 8.90. The van der Waals surface area contributed by atoms with Crippen molar-refractivity contribution in [1.29, 1.82) is 0 Å². The maximum absolute atomic E-state index is 12.4. The van der Waals surface area contributed by atoms with Crippen LogP contribution in [0.2, 0.25) is 0 Å². The summed E-state index contributed by atoms with van der Waals surface area (Å²) in [6.07, 6.45) is 4.64. The van der Waals surface area contributed by atoms with Gasteiger partial charge < -0.3 is 10.0 Å². The molecule has 1 aliphatic rings. The molecule has 1 aromatic heterocycles. The van der Waals surface area contributed by atoms with Crippen molar-refractivity contribution in [1.82, 2.24) is 9.88 Å². The molecule has 0 saturated heterocycles. The van der Waals surface area contributed by atoms with E-state index in [2.05, 4.69) is 4.98 Å². The van der Waals surface area contributed by atoms with Gasteiger partial charge in [0.25, 0.3) is 5.91 Å². The van der Waals surface area contributed by atoms with Crippen LogP contribution in [0.3, 0.4) is 0 Å². The number of rotatable bonds is 6. The standard InChI is InChI=1S/C14H18N2O3/c1-2-7-16(9-10-3-4-10)13(17)11-5-6-15-12(8-11)14(18)19/h5-6,8,10H,2-4,7,9H2,1H3,(H,18,19). The molecule has 1 aliphatic carbocycles. The third kappa shape index (κ3) is 3.53. The minimum absolute atomic E-state index is 0.0891. The first-order valence-corrected chi connectivity index (χ1v) is 6.60. The molecule has 0 spiro atoms. The second-order valence-corrected chi connectivity index (χ2v) is 4.93. The number of hydrogen-bond acceptors (Lipinski definition) is 3. The number of carbonyl (C=O) groups is 2. The van der Waals surface area contributed by atoms with Crippen LogP contribution in [-0.4, -0.2) is 40.0 Å². The van der Waals surface area contributed by atoms with Gasteiger partial charge >= 0.3 is 5.97 Å². The number of amides is 1. The van der Waals surface area contributed by atoms with Crippen molar-refractivity contribution in [3.8, 4) is 0 Å². The predicted molar refractivity (Wildman–Crippen MR) is 70.1 cm³/mol. The summed E-state index contributed by atoms with van der Waals surface area (Å²) in [6.45, 7) is 3.51. The van der Waals surface area contributed by atoms with Gasteiger partial charge in [0.05, 0.1) is 0 Å². The van der Waals surface area contributed by atoms with E-state index in [0.29, 0.717) is 18.0 Å².